The van der Waals surface area contributed by atoms with Gasteiger partial charge in [0.25, 0.3) is 0 Å². The first-order valence-electron chi connectivity index (χ1n) is 12.8. The minimum atomic E-state index is -2.38. The molecule has 0 saturated heterocycles. The molecule has 0 aliphatic carbocycles. The van der Waals surface area contributed by atoms with Crippen LogP contribution in [0.4, 0.5) is 0 Å². The van der Waals surface area contributed by atoms with Crippen LogP contribution in [-0.4, -0.2) is 46.1 Å². The smallest absolute Gasteiger partial charge is 0.341 e. The summed E-state index contributed by atoms with van der Waals surface area (Å²) < 4.78 is 16.2. The predicted octanol–water partition coefficient (Wildman–Crippen LogP) is 8.95. The maximum absolute atomic E-state index is 5.89. The number of hydrogen-bond acceptors (Lipinski definition) is 3. The molecular formula is C24H49Cl3O3Si. The lowest BCUT2D eigenvalue weighted by molar-refractivity contribution is 0.0685. The Bertz CT molecular complexity index is 345. The summed E-state index contributed by atoms with van der Waals surface area (Å²) in [7, 11) is 1.71. The molecular weight excluding hydrogens is 471 g/mol. The van der Waals surface area contributed by atoms with Gasteiger partial charge in [0.15, 0.2) is 0 Å². The summed E-state index contributed by atoms with van der Waals surface area (Å²) in [6.45, 7) is 4.18. The Hall–Kier alpha value is 0.967. The van der Waals surface area contributed by atoms with Crippen molar-refractivity contribution >= 4 is 39.2 Å². The Labute approximate surface area is 208 Å². The number of ether oxygens (including phenoxy) is 3. The number of hydrogen-bond donors (Lipinski definition) is 0. The molecule has 0 fully saturated rings. The Morgan fingerprint density at radius 2 is 0.742 bits per heavy atom. The van der Waals surface area contributed by atoms with Crippen molar-refractivity contribution < 1.29 is 14.2 Å². The highest BCUT2D eigenvalue weighted by Gasteiger charge is 2.23. The van der Waals surface area contributed by atoms with Crippen molar-refractivity contribution in [1.82, 2.24) is 0 Å². The Kier molecular flexibility index (Phi) is 26.4. The number of methoxy groups -OCH3 is 1. The molecule has 0 amide bonds. The lowest BCUT2D eigenvalue weighted by Gasteiger charge is -2.07. The van der Waals surface area contributed by atoms with Gasteiger partial charge in [0.1, 0.15) is 0 Å². The van der Waals surface area contributed by atoms with Gasteiger partial charge in [0, 0.05) is 26.9 Å². The summed E-state index contributed by atoms with van der Waals surface area (Å²) in [6.07, 6.45) is 21.8. The molecule has 0 rings (SSSR count). The summed E-state index contributed by atoms with van der Waals surface area (Å²) in [5, 5.41) is 0. The fourth-order valence-corrected chi connectivity index (χ4v) is 5.44. The minimum Gasteiger partial charge on any atom is -0.382 e. The first-order chi connectivity index (χ1) is 15.1. The van der Waals surface area contributed by atoms with Crippen LogP contribution in [0.5, 0.6) is 0 Å². The van der Waals surface area contributed by atoms with Gasteiger partial charge in [-0.15, -0.1) is 33.2 Å². The van der Waals surface area contributed by atoms with Gasteiger partial charge in [-0.1, -0.05) is 89.9 Å². The van der Waals surface area contributed by atoms with Crippen LogP contribution >= 0.6 is 33.2 Å². The summed E-state index contributed by atoms with van der Waals surface area (Å²) in [5.74, 6) is 0. The van der Waals surface area contributed by atoms with E-state index in [4.69, 9.17) is 47.4 Å². The van der Waals surface area contributed by atoms with Gasteiger partial charge in [-0.2, -0.15) is 0 Å². The van der Waals surface area contributed by atoms with Crippen LogP contribution in [0, 0.1) is 0 Å². The van der Waals surface area contributed by atoms with E-state index in [-0.39, 0.29) is 0 Å². The van der Waals surface area contributed by atoms with Crippen LogP contribution in [0.25, 0.3) is 0 Å². The topological polar surface area (TPSA) is 27.7 Å². The standard InChI is InChI=1S/C24H49Cl3O3Si/c1-28-22-23-30-21-17-13-9-5-4-8-12-16-20-29-19-15-11-7-3-2-6-10-14-18-24-31(25,26)27/h2-24H2,1H3. The van der Waals surface area contributed by atoms with Crippen molar-refractivity contribution in [3.05, 3.63) is 0 Å². The van der Waals surface area contributed by atoms with E-state index in [1.54, 1.807) is 7.11 Å². The van der Waals surface area contributed by atoms with Gasteiger partial charge in [-0.25, -0.2) is 0 Å². The maximum Gasteiger partial charge on any atom is 0.341 e. The van der Waals surface area contributed by atoms with Gasteiger partial charge in [0.2, 0.25) is 0 Å². The molecule has 0 aromatic rings. The first kappa shape index (κ1) is 32.0. The van der Waals surface area contributed by atoms with E-state index in [1.807, 2.05) is 0 Å². The molecule has 31 heavy (non-hydrogen) atoms. The zero-order chi connectivity index (χ0) is 22.9. The summed E-state index contributed by atoms with van der Waals surface area (Å²) in [5.41, 5.74) is 0. The number of halogens is 3. The summed E-state index contributed by atoms with van der Waals surface area (Å²) in [4.78, 5) is 0. The van der Waals surface area contributed by atoms with Crippen LogP contribution in [0.1, 0.15) is 109 Å². The molecule has 0 atom stereocenters. The van der Waals surface area contributed by atoms with Crippen molar-refractivity contribution in [2.45, 2.75) is 115 Å². The number of unbranched alkanes of at least 4 members (excludes halogenated alkanes) is 15. The maximum atomic E-state index is 5.89. The quantitative estimate of drug-likeness (QED) is 0.0648. The SMILES string of the molecule is COCCOCCCCCCCCCCOCCCCCCCCCCC[Si](Cl)(Cl)Cl. The van der Waals surface area contributed by atoms with Crippen LogP contribution in [-0.2, 0) is 14.2 Å². The third kappa shape index (κ3) is 31.0. The van der Waals surface area contributed by atoms with E-state index in [1.165, 1.54) is 103 Å². The van der Waals surface area contributed by atoms with Gasteiger partial charge in [0.05, 0.1) is 13.2 Å². The van der Waals surface area contributed by atoms with E-state index < -0.39 is 6.00 Å². The molecule has 0 spiro atoms. The summed E-state index contributed by atoms with van der Waals surface area (Å²) in [6, 6.07) is -1.57. The van der Waals surface area contributed by atoms with Crippen LogP contribution in [0.15, 0.2) is 0 Å². The Balaban J connectivity index is 3.02. The molecule has 0 N–H and O–H groups in total. The first-order valence-corrected chi connectivity index (χ1v) is 18.0. The molecule has 0 aliphatic rings. The minimum absolute atomic E-state index is 0.702. The zero-order valence-electron chi connectivity index (χ0n) is 20.1. The molecule has 0 radical (unpaired) electrons. The third-order valence-corrected chi connectivity index (χ3v) is 8.13. The number of rotatable bonds is 26. The van der Waals surface area contributed by atoms with Gasteiger partial charge in [-0.3, -0.25) is 0 Å². The van der Waals surface area contributed by atoms with Crippen molar-refractivity contribution in [3.63, 3.8) is 0 Å². The second-order valence-corrected chi connectivity index (χ2v) is 17.9. The Morgan fingerprint density at radius 3 is 1.10 bits per heavy atom. The van der Waals surface area contributed by atoms with E-state index in [0.717, 1.165) is 38.9 Å². The highest BCUT2D eigenvalue weighted by atomic mass is 35.8. The van der Waals surface area contributed by atoms with Crippen molar-refractivity contribution in [2.24, 2.45) is 0 Å². The van der Waals surface area contributed by atoms with Crippen LogP contribution in [0.3, 0.4) is 0 Å². The van der Waals surface area contributed by atoms with Crippen molar-refractivity contribution in [2.75, 3.05) is 40.1 Å². The Morgan fingerprint density at radius 1 is 0.419 bits per heavy atom. The van der Waals surface area contributed by atoms with E-state index in [0.29, 0.717) is 6.61 Å². The van der Waals surface area contributed by atoms with Gasteiger partial charge < -0.3 is 14.2 Å². The zero-order valence-corrected chi connectivity index (χ0v) is 23.4. The second kappa shape index (κ2) is 25.6. The molecule has 7 heteroatoms. The molecule has 188 valence electrons. The molecule has 0 heterocycles. The highest BCUT2D eigenvalue weighted by molar-refractivity contribution is 7.64. The predicted molar refractivity (Wildman–Crippen MR) is 140 cm³/mol. The molecule has 0 bridgehead atoms. The lowest BCUT2D eigenvalue weighted by Crippen LogP contribution is -2.07. The molecule has 0 aromatic heterocycles. The van der Waals surface area contributed by atoms with E-state index in [2.05, 4.69) is 0 Å². The molecule has 0 unspecified atom stereocenters. The molecule has 0 aromatic carbocycles. The van der Waals surface area contributed by atoms with Gasteiger partial charge >= 0.3 is 6.00 Å². The second-order valence-electron chi connectivity index (χ2n) is 8.59. The largest absolute Gasteiger partial charge is 0.382 e. The van der Waals surface area contributed by atoms with E-state index >= 15 is 0 Å². The molecule has 0 aliphatic heterocycles. The van der Waals surface area contributed by atoms with Crippen LogP contribution < -0.4 is 0 Å². The van der Waals surface area contributed by atoms with E-state index in [9.17, 15) is 0 Å². The normalized spacial score (nSPS) is 12.0. The lowest BCUT2D eigenvalue weighted by atomic mass is 10.1. The fraction of sp³-hybridized carbons (Fsp3) is 1.00. The van der Waals surface area contributed by atoms with Crippen LogP contribution in [0.2, 0.25) is 6.04 Å². The van der Waals surface area contributed by atoms with Crippen molar-refractivity contribution in [3.8, 4) is 0 Å². The molecule has 3 nitrogen and oxygen atoms in total. The monoisotopic (exact) mass is 518 g/mol. The van der Waals surface area contributed by atoms with Gasteiger partial charge in [-0.05, 0) is 25.3 Å². The highest BCUT2D eigenvalue weighted by Crippen LogP contribution is 2.27. The average Bonchev–Trinajstić information content (AvgIpc) is 2.73. The average molecular weight is 520 g/mol. The molecule has 0 saturated carbocycles. The summed E-state index contributed by atoms with van der Waals surface area (Å²) >= 11 is 17.7. The van der Waals surface area contributed by atoms with Crippen molar-refractivity contribution in [1.29, 1.82) is 0 Å². The third-order valence-electron chi connectivity index (χ3n) is 5.51. The fourth-order valence-electron chi connectivity index (χ4n) is 3.58.